The van der Waals surface area contributed by atoms with Gasteiger partial charge in [0.25, 0.3) is 0 Å². The summed E-state index contributed by atoms with van der Waals surface area (Å²) < 4.78 is 18.2. The molecule has 3 nitrogen and oxygen atoms in total. The van der Waals surface area contributed by atoms with Crippen LogP contribution in [0.4, 0.5) is 4.39 Å². The zero-order valence-electron chi connectivity index (χ0n) is 10.3. The Kier molecular flexibility index (Phi) is 8.24. The summed E-state index contributed by atoms with van der Waals surface area (Å²) in [6.07, 6.45) is 4.29. The lowest BCUT2D eigenvalue weighted by Gasteiger charge is -2.19. The van der Waals surface area contributed by atoms with Crippen LogP contribution in [0.2, 0.25) is 0 Å². The van der Waals surface area contributed by atoms with E-state index in [1.165, 1.54) is 0 Å². The lowest BCUT2D eigenvalue weighted by Crippen LogP contribution is -2.30. The molecule has 2 atom stereocenters. The Morgan fingerprint density at radius 2 is 2.28 bits per heavy atom. The Bertz CT molecular complexity index is 329. The largest absolute Gasteiger partial charge is 0.490 e. The molecule has 0 unspecified atom stereocenters. The second kappa shape index (κ2) is 8.51. The maximum Gasteiger partial charge on any atom is 0.137 e. The number of pyridine rings is 1. The van der Waals surface area contributed by atoms with Crippen LogP contribution in [0.25, 0.3) is 0 Å². The van der Waals surface area contributed by atoms with Crippen molar-refractivity contribution in [2.45, 2.75) is 12.5 Å². The first-order valence-corrected chi connectivity index (χ1v) is 5.58. The molecule has 2 rings (SSSR count). The van der Waals surface area contributed by atoms with Gasteiger partial charge in [-0.15, -0.1) is 24.8 Å². The molecule has 0 N–H and O–H groups in total. The van der Waals surface area contributed by atoms with E-state index in [0.29, 0.717) is 12.6 Å². The van der Waals surface area contributed by atoms with Crippen molar-refractivity contribution in [1.29, 1.82) is 0 Å². The zero-order chi connectivity index (χ0) is 11.4. The molecule has 0 bridgehead atoms. The smallest absolute Gasteiger partial charge is 0.137 e. The van der Waals surface area contributed by atoms with E-state index in [4.69, 9.17) is 4.74 Å². The van der Waals surface area contributed by atoms with E-state index in [0.717, 1.165) is 18.7 Å². The molecule has 0 amide bonds. The van der Waals surface area contributed by atoms with Crippen LogP contribution in [0.15, 0.2) is 24.5 Å². The van der Waals surface area contributed by atoms with Gasteiger partial charge < -0.3 is 4.74 Å². The number of likely N-dealkylation sites (N-methyl/N-ethyl adjacent to an activating group) is 1. The van der Waals surface area contributed by atoms with Crippen molar-refractivity contribution in [3.05, 3.63) is 24.5 Å². The average molecular weight is 297 g/mol. The monoisotopic (exact) mass is 296 g/mol. The van der Waals surface area contributed by atoms with Crippen LogP contribution < -0.4 is 4.74 Å². The first-order chi connectivity index (χ1) is 7.79. The molecular weight excluding hydrogens is 278 g/mol. The van der Waals surface area contributed by atoms with Crippen LogP contribution in [0.5, 0.6) is 5.75 Å². The fourth-order valence-electron chi connectivity index (χ4n) is 2.13. The summed E-state index contributed by atoms with van der Waals surface area (Å²) in [5, 5.41) is 0. The fraction of sp³-hybridized carbons (Fsp3) is 0.583. The molecule has 6 heteroatoms. The third kappa shape index (κ3) is 4.59. The van der Waals surface area contributed by atoms with Gasteiger partial charge in [-0.2, -0.15) is 0 Å². The highest BCUT2D eigenvalue weighted by atomic mass is 35.5. The minimum Gasteiger partial charge on any atom is -0.490 e. The van der Waals surface area contributed by atoms with Crippen molar-refractivity contribution in [3.63, 3.8) is 0 Å². The lowest BCUT2D eigenvalue weighted by molar-refractivity contribution is 0.198. The van der Waals surface area contributed by atoms with Crippen LogP contribution in [0.3, 0.4) is 0 Å². The van der Waals surface area contributed by atoms with Gasteiger partial charge in [0, 0.05) is 24.7 Å². The molecule has 0 aromatic carbocycles. The molecule has 0 spiro atoms. The molecule has 1 fully saturated rings. The summed E-state index contributed by atoms with van der Waals surface area (Å²) >= 11 is 0. The molecule has 1 aliphatic rings. The van der Waals surface area contributed by atoms with Gasteiger partial charge in [-0.05, 0) is 25.6 Å². The highest BCUT2D eigenvalue weighted by Crippen LogP contribution is 2.22. The van der Waals surface area contributed by atoms with Gasteiger partial charge >= 0.3 is 0 Å². The number of nitrogens with zero attached hydrogens (tertiary/aromatic N) is 2. The van der Waals surface area contributed by atoms with Crippen molar-refractivity contribution in [1.82, 2.24) is 9.88 Å². The van der Waals surface area contributed by atoms with Crippen molar-refractivity contribution < 1.29 is 9.13 Å². The number of halogens is 3. The molecule has 2 heterocycles. The highest BCUT2D eigenvalue weighted by molar-refractivity contribution is 5.85. The number of alkyl halides is 1. The maximum atomic E-state index is 12.5. The first kappa shape index (κ1) is 17.4. The summed E-state index contributed by atoms with van der Waals surface area (Å²) in [4.78, 5) is 6.15. The summed E-state index contributed by atoms with van der Waals surface area (Å²) in [6.45, 7) is 1.21. The van der Waals surface area contributed by atoms with Crippen LogP contribution >= 0.6 is 24.8 Å². The van der Waals surface area contributed by atoms with Gasteiger partial charge in [-0.3, -0.25) is 14.3 Å². The van der Waals surface area contributed by atoms with E-state index >= 15 is 0 Å². The first-order valence-electron chi connectivity index (χ1n) is 5.58. The van der Waals surface area contributed by atoms with E-state index in [2.05, 4.69) is 9.88 Å². The number of hydrogen-bond donors (Lipinski definition) is 0. The predicted octanol–water partition coefficient (Wildman–Crippen LogP) is 2.59. The highest BCUT2D eigenvalue weighted by Gasteiger charge is 2.29. The number of rotatable bonds is 4. The normalized spacial score (nSPS) is 23.0. The molecule has 1 aromatic rings. The lowest BCUT2D eigenvalue weighted by atomic mass is 10.1. The summed E-state index contributed by atoms with van der Waals surface area (Å²) in [7, 11) is 2.02. The van der Waals surface area contributed by atoms with Crippen LogP contribution in [-0.2, 0) is 0 Å². The Balaban J connectivity index is 0.00000144. The fourth-order valence-corrected chi connectivity index (χ4v) is 2.13. The molecule has 0 saturated carbocycles. The van der Waals surface area contributed by atoms with Gasteiger partial charge in [0.2, 0.25) is 0 Å². The van der Waals surface area contributed by atoms with Gasteiger partial charge in [-0.1, -0.05) is 0 Å². The Labute approximate surface area is 120 Å². The van der Waals surface area contributed by atoms with Crippen molar-refractivity contribution in [2.75, 3.05) is 26.9 Å². The van der Waals surface area contributed by atoms with Gasteiger partial charge in [0.1, 0.15) is 12.4 Å². The van der Waals surface area contributed by atoms with E-state index in [9.17, 15) is 4.39 Å². The molecule has 1 aromatic heterocycles. The standard InChI is InChI=1S/C12H17FN2O.2ClH/c1-15-8-10(6-13)5-11(15)9-16-12-3-2-4-14-7-12;;/h2-4,7,10-11H,5-6,8-9H2,1H3;2*1H/t10-,11+;;/m1../s1. The number of likely N-dealkylation sites (tertiary alicyclic amines) is 1. The second-order valence-electron chi connectivity index (χ2n) is 4.35. The Morgan fingerprint density at radius 3 is 2.83 bits per heavy atom. The average Bonchev–Trinajstić information content (AvgIpc) is 2.69. The van der Waals surface area contributed by atoms with Crippen molar-refractivity contribution >= 4 is 24.8 Å². The van der Waals surface area contributed by atoms with E-state index in [1.54, 1.807) is 12.4 Å². The summed E-state index contributed by atoms with van der Waals surface area (Å²) in [6, 6.07) is 4.05. The third-order valence-corrected chi connectivity index (χ3v) is 3.07. The minimum atomic E-state index is -0.228. The molecular formula is C12H19Cl2FN2O. The molecule has 18 heavy (non-hydrogen) atoms. The molecule has 1 saturated heterocycles. The Morgan fingerprint density at radius 1 is 1.50 bits per heavy atom. The van der Waals surface area contributed by atoms with Crippen LogP contribution in [0.1, 0.15) is 6.42 Å². The van der Waals surface area contributed by atoms with E-state index < -0.39 is 0 Å². The predicted molar refractivity (Wildman–Crippen MR) is 74.7 cm³/mol. The maximum absolute atomic E-state index is 12.5. The summed E-state index contributed by atoms with van der Waals surface area (Å²) in [5.74, 6) is 0.951. The van der Waals surface area contributed by atoms with Gasteiger partial charge in [0.15, 0.2) is 0 Å². The molecule has 0 aliphatic carbocycles. The molecule has 1 aliphatic heterocycles. The summed E-state index contributed by atoms with van der Waals surface area (Å²) in [5.41, 5.74) is 0. The minimum absolute atomic E-state index is 0. The van der Waals surface area contributed by atoms with Crippen molar-refractivity contribution in [2.24, 2.45) is 5.92 Å². The SMILES string of the molecule is CN1C[C@@H](CF)C[C@H]1COc1cccnc1.Cl.Cl. The topological polar surface area (TPSA) is 25.4 Å². The second-order valence-corrected chi connectivity index (χ2v) is 4.35. The van der Waals surface area contributed by atoms with Crippen LogP contribution in [0, 0.1) is 5.92 Å². The quantitative estimate of drug-likeness (QED) is 0.854. The molecule has 0 radical (unpaired) electrons. The third-order valence-electron chi connectivity index (χ3n) is 3.07. The number of aromatic nitrogens is 1. The zero-order valence-corrected chi connectivity index (χ0v) is 11.9. The number of ether oxygens (including phenoxy) is 1. The van der Waals surface area contributed by atoms with Crippen molar-refractivity contribution in [3.8, 4) is 5.75 Å². The Hall–Kier alpha value is -0.580. The van der Waals surface area contributed by atoms with E-state index in [-0.39, 0.29) is 37.4 Å². The van der Waals surface area contributed by atoms with Gasteiger partial charge in [0.05, 0.1) is 12.9 Å². The van der Waals surface area contributed by atoms with Crippen LogP contribution in [-0.4, -0.2) is 42.8 Å². The van der Waals surface area contributed by atoms with Gasteiger partial charge in [-0.25, -0.2) is 0 Å². The number of hydrogen-bond acceptors (Lipinski definition) is 3. The van der Waals surface area contributed by atoms with E-state index in [1.807, 2.05) is 19.2 Å². The molecule has 104 valence electrons.